The van der Waals surface area contributed by atoms with Crippen molar-refractivity contribution in [2.24, 2.45) is 0 Å². The summed E-state index contributed by atoms with van der Waals surface area (Å²) >= 11 is 3.47. The number of benzene rings is 3. The lowest BCUT2D eigenvalue weighted by molar-refractivity contribution is -0.128. The van der Waals surface area contributed by atoms with Gasteiger partial charge in [0.25, 0.3) is 5.91 Å². The van der Waals surface area contributed by atoms with Gasteiger partial charge in [-0.3, -0.25) is 9.59 Å². The summed E-state index contributed by atoms with van der Waals surface area (Å²) < 4.78 is 0. The maximum absolute atomic E-state index is 12.5. The van der Waals surface area contributed by atoms with Gasteiger partial charge in [-0.15, -0.1) is 11.8 Å². The summed E-state index contributed by atoms with van der Waals surface area (Å²) in [6.07, 6.45) is 0.839. The second-order valence-corrected chi connectivity index (χ2v) is 10.6. The van der Waals surface area contributed by atoms with Gasteiger partial charge in [0.15, 0.2) is 0 Å². The Morgan fingerprint density at radius 1 is 1.03 bits per heavy atom. The predicted molar refractivity (Wildman–Crippen MR) is 143 cm³/mol. The second-order valence-electron chi connectivity index (χ2n) is 8.41. The number of nitrogens with zero attached hydrogens (tertiary/aromatic N) is 1. The molecule has 1 aliphatic rings. The van der Waals surface area contributed by atoms with E-state index < -0.39 is 0 Å². The Kier molecular flexibility index (Phi) is 8.72. The topological polar surface area (TPSA) is 49.4 Å². The lowest BCUT2D eigenvalue weighted by atomic mass is 10.1. The Bertz CT molecular complexity index is 1100. The highest BCUT2D eigenvalue weighted by Crippen LogP contribution is 2.38. The van der Waals surface area contributed by atoms with Gasteiger partial charge in [-0.05, 0) is 42.2 Å². The van der Waals surface area contributed by atoms with Crippen molar-refractivity contribution in [2.45, 2.75) is 24.5 Å². The Morgan fingerprint density at radius 3 is 2.56 bits per heavy atom. The first kappa shape index (κ1) is 24.4. The molecular weight excluding hydrogens is 460 g/mol. The lowest BCUT2D eigenvalue weighted by Crippen LogP contribution is -2.30. The third kappa shape index (κ3) is 6.67. The molecule has 3 aromatic rings. The van der Waals surface area contributed by atoms with Gasteiger partial charge in [0, 0.05) is 30.2 Å². The van der Waals surface area contributed by atoms with Gasteiger partial charge in [-0.2, -0.15) is 11.8 Å². The van der Waals surface area contributed by atoms with Gasteiger partial charge in [-0.1, -0.05) is 72.3 Å². The number of aryl methyl sites for hydroxylation is 1. The molecule has 0 unspecified atom stereocenters. The van der Waals surface area contributed by atoms with E-state index in [0.717, 1.165) is 23.5 Å². The Morgan fingerprint density at radius 2 is 1.79 bits per heavy atom. The van der Waals surface area contributed by atoms with E-state index in [1.54, 1.807) is 11.8 Å². The van der Waals surface area contributed by atoms with Crippen LogP contribution in [-0.2, 0) is 17.0 Å². The molecule has 34 heavy (non-hydrogen) atoms. The minimum Gasteiger partial charge on any atom is -0.351 e. The molecule has 4 rings (SSSR count). The molecule has 1 aliphatic heterocycles. The fourth-order valence-corrected chi connectivity index (χ4v) is 6.02. The molecule has 1 heterocycles. The molecule has 0 aliphatic carbocycles. The van der Waals surface area contributed by atoms with Crippen molar-refractivity contribution in [3.8, 4) is 0 Å². The molecule has 4 nitrogen and oxygen atoms in total. The van der Waals surface area contributed by atoms with Crippen LogP contribution >= 0.6 is 23.5 Å². The van der Waals surface area contributed by atoms with E-state index in [-0.39, 0.29) is 17.2 Å². The number of hydrogen-bond donors (Lipinski definition) is 1. The van der Waals surface area contributed by atoms with Gasteiger partial charge in [0.05, 0.1) is 5.75 Å². The number of carbonyl (C=O) groups is 2. The van der Waals surface area contributed by atoms with Crippen LogP contribution in [-0.4, -0.2) is 41.3 Å². The van der Waals surface area contributed by atoms with Crippen LogP contribution in [0.5, 0.6) is 0 Å². The summed E-state index contributed by atoms with van der Waals surface area (Å²) in [5, 5.41) is 3.02. The SMILES string of the molecule is Cc1cccc(CSCCNC(=O)c2ccc([C@@H]3SCC(=O)N3CCc3ccccc3)cc2)c1. The zero-order chi connectivity index (χ0) is 23.8. The van der Waals surface area contributed by atoms with E-state index in [4.69, 9.17) is 0 Å². The zero-order valence-corrected chi connectivity index (χ0v) is 21.0. The van der Waals surface area contributed by atoms with Crippen molar-refractivity contribution in [3.63, 3.8) is 0 Å². The van der Waals surface area contributed by atoms with Crippen LogP contribution in [0.1, 0.15) is 38.0 Å². The second kappa shape index (κ2) is 12.1. The van der Waals surface area contributed by atoms with Crippen LogP contribution in [0.3, 0.4) is 0 Å². The summed E-state index contributed by atoms with van der Waals surface area (Å²) in [5.74, 6) is 2.44. The number of thioether (sulfide) groups is 2. The number of nitrogens with one attached hydrogen (secondary N) is 1. The molecule has 176 valence electrons. The van der Waals surface area contributed by atoms with E-state index in [1.165, 1.54) is 16.7 Å². The van der Waals surface area contributed by atoms with E-state index >= 15 is 0 Å². The van der Waals surface area contributed by atoms with Crippen LogP contribution < -0.4 is 5.32 Å². The summed E-state index contributed by atoms with van der Waals surface area (Å²) in [5.41, 5.74) is 5.53. The third-order valence-corrected chi connectivity index (χ3v) is 8.08. The van der Waals surface area contributed by atoms with Crippen LogP contribution in [0.4, 0.5) is 0 Å². The molecule has 1 atom stereocenters. The normalized spacial score (nSPS) is 15.5. The highest BCUT2D eigenvalue weighted by molar-refractivity contribution is 8.00. The van der Waals surface area contributed by atoms with Crippen LogP contribution in [0.15, 0.2) is 78.9 Å². The third-order valence-electron chi connectivity index (χ3n) is 5.79. The fraction of sp³-hybridized carbons (Fsp3) is 0.286. The molecule has 0 aromatic heterocycles. The van der Waals surface area contributed by atoms with E-state index in [1.807, 2.05) is 59.1 Å². The number of amides is 2. The zero-order valence-electron chi connectivity index (χ0n) is 19.4. The van der Waals surface area contributed by atoms with Gasteiger partial charge in [0.1, 0.15) is 5.37 Å². The van der Waals surface area contributed by atoms with E-state index in [9.17, 15) is 9.59 Å². The molecule has 1 saturated heterocycles. The summed E-state index contributed by atoms with van der Waals surface area (Å²) in [6, 6.07) is 26.5. The Labute approximate surface area is 210 Å². The van der Waals surface area contributed by atoms with Crippen molar-refractivity contribution in [1.82, 2.24) is 10.2 Å². The first-order valence-corrected chi connectivity index (χ1v) is 13.8. The molecule has 2 amide bonds. The molecule has 1 N–H and O–H groups in total. The molecule has 0 bridgehead atoms. The molecular formula is C28H30N2O2S2. The van der Waals surface area contributed by atoms with Crippen molar-refractivity contribution in [1.29, 1.82) is 0 Å². The average molecular weight is 491 g/mol. The van der Waals surface area contributed by atoms with E-state index in [2.05, 4.69) is 48.6 Å². The standard InChI is InChI=1S/C28H30N2O2S2/c1-21-6-5-9-23(18-21)19-33-17-15-29-27(32)24-10-12-25(13-11-24)28-30(26(31)20-34-28)16-14-22-7-3-2-4-8-22/h2-13,18,28H,14-17,19-20H2,1H3,(H,29,32)/t28-/m0/s1. The largest absolute Gasteiger partial charge is 0.351 e. The van der Waals surface area contributed by atoms with Gasteiger partial charge in [-0.25, -0.2) is 0 Å². The molecule has 0 radical (unpaired) electrons. The van der Waals surface area contributed by atoms with Crippen molar-refractivity contribution >= 4 is 35.3 Å². The number of rotatable bonds is 10. The maximum Gasteiger partial charge on any atom is 0.251 e. The molecule has 0 spiro atoms. The number of hydrogen-bond acceptors (Lipinski definition) is 4. The highest BCUT2D eigenvalue weighted by Gasteiger charge is 2.32. The molecule has 0 saturated carbocycles. The minimum absolute atomic E-state index is 0.00588. The maximum atomic E-state index is 12.5. The molecule has 6 heteroatoms. The van der Waals surface area contributed by atoms with Gasteiger partial charge in [0.2, 0.25) is 5.91 Å². The molecule has 3 aromatic carbocycles. The Balaban J connectivity index is 1.25. The predicted octanol–water partition coefficient (Wildman–Crippen LogP) is 5.47. The quantitative estimate of drug-likeness (QED) is 0.383. The number of carbonyl (C=O) groups excluding carboxylic acids is 2. The van der Waals surface area contributed by atoms with Crippen molar-refractivity contribution in [3.05, 3.63) is 107 Å². The van der Waals surface area contributed by atoms with E-state index in [0.29, 0.717) is 24.4 Å². The van der Waals surface area contributed by atoms with Gasteiger partial charge < -0.3 is 10.2 Å². The fourth-order valence-electron chi connectivity index (χ4n) is 4.00. The first-order chi connectivity index (χ1) is 16.6. The molecule has 1 fully saturated rings. The van der Waals surface area contributed by atoms with Crippen LogP contribution in [0.2, 0.25) is 0 Å². The van der Waals surface area contributed by atoms with Crippen LogP contribution in [0.25, 0.3) is 0 Å². The average Bonchev–Trinajstić information content (AvgIpc) is 3.23. The van der Waals surface area contributed by atoms with Crippen molar-refractivity contribution < 1.29 is 9.59 Å². The monoisotopic (exact) mass is 490 g/mol. The first-order valence-electron chi connectivity index (χ1n) is 11.6. The smallest absolute Gasteiger partial charge is 0.251 e. The lowest BCUT2D eigenvalue weighted by Gasteiger charge is -2.24. The Hall–Kier alpha value is -2.70. The minimum atomic E-state index is -0.0567. The van der Waals surface area contributed by atoms with Gasteiger partial charge >= 0.3 is 0 Å². The summed E-state index contributed by atoms with van der Waals surface area (Å²) in [6.45, 7) is 3.44. The highest BCUT2D eigenvalue weighted by atomic mass is 32.2. The van der Waals surface area contributed by atoms with Crippen molar-refractivity contribution in [2.75, 3.05) is 24.6 Å². The summed E-state index contributed by atoms with van der Waals surface area (Å²) in [4.78, 5) is 27.0. The summed E-state index contributed by atoms with van der Waals surface area (Å²) in [7, 11) is 0. The van der Waals surface area contributed by atoms with Crippen LogP contribution in [0, 0.1) is 6.92 Å².